The number of carbonyl (C=O) groups is 1. The van der Waals surface area contributed by atoms with Crippen molar-refractivity contribution in [3.05, 3.63) is 104 Å². The van der Waals surface area contributed by atoms with Crippen LogP contribution in [0.25, 0.3) is 0 Å². The first-order valence-corrected chi connectivity index (χ1v) is 11.1. The highest BCUT2D eigenvalue weighted by Crippen LogP contribution is 2.36. The van der Waals surface area contributed by atoms with Gasteiger partial charge in [-0.3, -0.25) is 4.79 Å². The largest absolute Gasteiger partial charge is 0.367 e. The Kier molecular flexibility index (Phi) is 6.46. The summed E-state index contributed by atoms with van der Waals surface area (Å²) in [7, 11) is 1.55. The number of carbonyl (C=O) groups excluding carboxylic acids is 1. The summed E-state index contributed by atoms with van der Waals surface area (Å²) in [5.74, 6) is -0.182. The number of nitrogens with zero attached hydrogens (tertiary/aromatic N) is 2. The molecule has 1 amide bonds. The monoisotopic (exact) mass is 526 g/mol. The van der Waals surface area contributed by atoms with Crippen molar-refractivity contribution in [3.8, 4) is 0 Å². The van der Waals surface area contributed by atoms with Crippen molar-refractivity contribution >= 4 is 43.5 Å². The lowest BCUT2D eigenvalue weighted by Gasteiger charge is -2.26. The van der Waals surface area contributed by atoms with Crippen molar-refractivity contribution in [2.75, 3.05) is 7.11 Å². The Morgan fingerprint density at radius 1 is 1.00 bits per heavy atom. The Hall–Kier alpha value is -2.28. The fourth-order valence-corrected chi connectivity index (χ4v) is 4.47. The van der Waals surface area contributed by atoms with Gasteiger partial charge in [-0.25, -0.2) is 5.01 Å². The Labute approximate surface area is 192 Å². The van der Waals surface area contributed by atoms with Gasteiger partial charge in [0.05, 0.1) is 11.8 Å². The third-order valence-corrected chi connectivity index (χ3v) is 6.08. The number of amides is 1. The molecule has 2 atom stereocenters. The van der Waals surface area contributed by atoms with E-state index in [1.54, 1.807) is 12.1 Å². The molecule has 3 aromatic carbocycles. The van der Waals surface area contributed by atoms with Crippen LogP contribution < -0.4 is 0 Å². The average Bonchev–Trinajstić information content (AvgIpc) is 3.21. The van der Waals surface area contributed by atoms with Crippen molar-refractivity contribution in [3.63, 3.8) is 0 Å². The molecule has 4 nitrogen and oxygen atoms in total. The molecule has 0 fully saturated rings. The first-order chi connectivity index (χ1) is 14.6. The van der Waals surface area contributed by atoms with E-state index in [1.807, 2.05) is 78.9 Å². The topological polar surface area (TPSA) is 41.9 Å². The molecule has 0 bridgehead atoms. The van der Waals surface area contributed by atoms with Gasteiger partial charge in [0.2, 0.25) is 0 Å². The predicted molar refractivity (Wildman–Crippen MR) is 125 cm³/mol. The molecule has 3 aromatic rings. The molecule has 30 heavy (non-hydrogen) atoms. The Morgan fingerprint density at radius 2 is 1.70 bits per heavy atom. The predicted octanol–water partition coefficient (Wildman–Crippen LogP) is 6.28. The van der Waals surface area contributed by atoms with Crippen LogP contribution in [-0.4, -0.2) is 23.7 Å². The summed E-state index contributed by atoms with van der Waals surface area (Å²) in [5.41, 5.74) is 3.70. The number of methoxy groups -OCH3 is 1. The maximum atomic E-state index is 13.6. The van der Waals surface area contributed by atoms with Gasteiger partial charge < -0.3 is 4.74 Å². The van der Waals surface area contributed by atoms with Crippen LogP contribution in [0.5, 0.6) is 0 Å². The van der Waals surface area contributed by atoms with Crippen molar-refractivity contribution in [1.82, 2.24) is 5.01 Å². The number of ether oxygens (including phenoxy) is 1. The minimum absolute atomic E-state index is 0.182. The van der Waals surface area contributed by atoms with Gasteiger partial charge in [-0.2, -0.15) is 5.10 Å². The smallest absolute Gasteiger partial charge is 0.276 e. The van der Waals surface area contributed by atoms with E-state index in [2.05, 4.69) is 31.9 Å². The van der Waals surface area contributed by atoms with Gasteiger partial charge in [-0.1, -0.05) is 86.5 Å². The van der Waals surface area contributed by atoms with Gasteiger partial charge in [0.25, 0.3) is 5.91 Å². The lowest BCUT2D eigenvalue weighted by Crippen LogP contribution is -2.32. The molecular weight excluding hydrogens is 508 g/mol. The molecule has 0 radical (unpaired) electrons. The zero-order valence-corrected chi connectivity index (χ0v) is 19.5. The molecule has 1 aliphatic rings. The van der Waals surface area contributed by atoms with Crippen LogP contribution in [0.4, 0.5) is 0 Å². The number of hydrogen-bond donors (Lipinski definition) is 0. The highest BCUT2D eigenvalue weighted by molar-refractivity contribution is 9.10. The fraction of sp³-hybridized carbons (Fsp3) is 0.167. The highest BCUT2D eigenvalue weighted by atomic mass is 79.9. The average molecular weight is 528 g/mol. The normalized spacial score (nSPS) is 17.0. The van der Waals surface area contributed by atoms with Gasteiger partial charge >= 0.3 is 0 Å². The van der Waals surface area contributed by atoms with E-state index < -0.39 is 6.10 Å². The molecule has 0 N–H and O–H groups in total. The van der Waals surface area contributed by atoms with Gasteiger partial charge in [0, 0.05) is 22.5 Å². The van der Waals surface area contributed by atoms with Crippen molar-refractivity contribution in [2.24, 2.45) is 5.10 Å². The van der Waals surface area contributed by atoms with E-state index >= 15 is 0 Å². The number of halogens is 2. The zero-order valence-electron chi connectivity index (χ0n) is 16.3. The molecule has 4 rings (SSSR count). The highest BCUT2D eigenvalue weighted by Gasteiger charge is 2.37. The number of hydrazone groups is 1. The van der Waals surface area contributed by atoms with Crippen LogP contribution in [0.2, 0.25) is 0 Å². The number of rotatable bonds is 5. The second-order valence-electron chi connectivity index (χ2n) is 7.04. The molecule has 0 aliphatic carbocycles. The molecule has 0 saturated heterocycles. The van der Waals surface area contributed by atoms with E-state index in [-0.39, 0.29) is 11.9 Å². The minimum atomic E-state index is -0.716. The lowest BCUT2D eigenvalue weighted by atomic mass is 9.98. The van der Waals surface area contributed by atoms with E-state index in [4.69, 9.17) is 9.84 Å². The van der Waals surface area contributed by atoms with Crippen LogP contribution in [0, 0.1) is 0 Å². The maximum absolute atomic E-state index is 13.6. The summed E-state index contributed by atoms with van der Waals surface area (Å²) in [6.45, 7) is 0. The summed E-state index contributed by atoms with van der Waals surface area (Å²) in [6.07, 6.45) is -0.0874. The zero-order chi connectivity index (χ0) is 21.1. The molecule has 0 saturated carbocycles. The standard InChI is InChI=1S/C24H20Br2N2O2/c1-30-23(16-7-3-2-4-8-16)24(29)28-22(18-10-6-12-20(26)14-18)15-21(27-28)17-9-5-11-19(25)13-17/h2-14,22-23H,15H2,1H3/t22-,23+/m0/s1. The van der Waals surface area contributed by atoms with Crippen LogP contribution >= 0.6 is 31.9 Å². The van der Waals surface area contributed by atoms with Crippen LogP contribution in [0.3, 0.4) is 0 Å². The Balaban J connectivity index is 1.74. The third kappa shape index (κ3) is 4.41. The summed E-state index contributed by atoms with van der Waals surface area (Å²) in [6, 6.07) is 25.3. The van der Waals surface area contributed by atoms with Crippen molar-refractivity contribution in [2.45, 2.75) is 18.6 Å². The molecule has 152 valence electrons. The molecule has 6 heteroatoms. The second-order valence-corrected chi connectivity index (χ2v) is 8.87. The molecule has 0 aromatic heterocycles. The summed E-state index contributed by atoms with van der Waals surface area (Å²) >= 11 is 7.07. The molecule has 0 unspecified atom stereocenters. The molecule has 0 spiro atoms. The van der Waals surface area contributed by atoms with Crippen LogP contribution in [0.15, 0.2) is 92.9 Å². The summed E-state index contributed by atoms with van der Waals surface area (Å²) < 4.78 is 7.55. The van der Waals surface area contributed by atoms with Crippen molar-refractivity contribution < 1.29 is 9.53 Å². The quantitative estimate of drug-likeness (QED) is 0.392. The van der Waals surface area contributed by atoms with E-state index in [0.717, 1.165) is 31.3 Å². The Morgan fingerprint density at radius 3 is 2.37 bits per heavy atom. The fourth-order valence-electron chi connectivity index (χ4n) is 3.66. The Bertz CT molecular complexity index is 1090. The van der Waals surface area contributed by atoms with E-state index in [0.29, 0.717) is 6.42 Å². The maximum Gasteiger partial charge on any atom is 0.276 e. The molecular formula is C24H20Br2N2O2. The lowest BCUT2D eigenvalue weighted by molar-refractivity contribution is -0.144. The van der Waals surface area contributed by atoms with E-state index in [9.17, 15) is 4.79 Å². The van der Waals surface area contributed by atoms with Crippen molar-refractivity contribution in [1.29, 1.82) is 0 Å². The summed E-state index contributed by atoms with van der Waals surface area (Å²) in [4.78, 5) is 13.6. The second kappa shape index (κ2) is 9.25. The van der Waals surface area contributed by atoms with Gasteiger partial charge in [0.15, 0.2) is 6.10 Å². The molecule has 1 aliphatic heterocycles. The summed E-state index contributed by atoms with van der Waals surface area (Å²) in [5, 5.41) is 6.35. The first-order valence-electron chi connectivity index (χ1n) is 9.56. The van der Waals surface area contributed by atoms with Gasteiger partial charge in [-0.15, -0.1) is 0 Å². The first kappa shape index (κ1) is 21.0. The van der Waals surface area contributed by atoms with Gasteiger partial charge in [-0.05, 0) is 41.0 Å². The third-order valence-electron chi connectivity index (χ3n) is 5.09. The van der Waals surface area contributed by atoms with Crippen LogP contribution in [0.1, 0.15) is 35.3 Å². The number of hydrogen-bond acceptors (Lipinski definition) is 3. The molecule has 1 heterocycles. The van der Waals surface area contributed by atoms with E-state index in [1.165, 1.54) is 0 Å². The van der Waals surface area contributed by atoms with Crippen LogP contribution in [-0.2, 0) is 9.53 Å². The SMILES string of the molecule is CO[C@@H](C(=O)N1N=C(c2cccc(Br)c2)C[C@H]1c1cccc(Br)c1)c1ccccc1. The van der Waals surface area contributed by atoms with Gasteiger partial charge in [0.1, 0.15) is 0 Å². The number of benzene rings is 3. The minimum Gasteiger partial charge on any atom is -0.367 e.